The molecule has 0 bridgehead atoms. The Morgan fingerprint density at radius 2 is 1.80 bits per heavy atom. The fourth-order valence-electron chi connectivity index (χ4n) is 2.38. The van der Waals surface area contributed by atoms with Gasteiger partial charge in [-0.3, -0.25) is 4.79 Å². The Balaban J connectivity index is 1.66. The van der Waals surface area contributed by atoms with Crippen LogP contribution < -0.4 is 10.0 Å². The highest BCUT2D eigenvalue weighted by Gasteiger charge is 2.15. The van der Waals surface area contributed by atoms with Gasteiger partial charge in [-0.05, 0) is 61.0 Å². The third-order valence-electron chi connectivity index (χ3n) is 3.83. The van der Waals surface area contributed by atoms with Crippen LogP contribution in [0.1, 0.15) is 11.3 Å². The minimum Gasteiger partial charge on any atom is -0.323 e. The lowest BCUT2D eigenvalue weighted by Crippen LogP contribution is -2.15. The molecule has 154 valence electrons. The van der Waals surface area contributed by atoms with E-state index in [9.17, 15) is 13.2 Å². The first-order valence-corrected chi connectivity index (χ1v) is 10.8. The molecule has 1 heterocycles. The molecule has 2 N–H and O–H groups in total. The number of anilines is 2. The summed E-state index contributed by atoms with van der Waals surface area (Å²) in [5.41, 5.74) is 1.70. The van der Waals surface area contributed by atoms with Crippen molar-refractivity contribution in [1.29, 1.82) is 0 Å². The predicted octanol–water partition coefficient (Wildman–Crippen LogP) is 4.54. The molecular formula is C20H16Cl2N4O3S. The molecule has 1 amide bonds. The fraction of sp³-hybridized carbons (Fsp3) is 0.0500. The van der Waals surface area contributed by atoms with Gasteiger partial charge in [-0.1, -0.05) is 29.3 Å². The highest BCUT2D eigenvalue weighted by molar-refractivity contribution is 7.92. The van der Waals surface area contributed by atoms with Crippen molar-refractivity contribution in [3.05, 3.63) is 82.1 Å². The Bertz CT molecular complexity index is 1210. The van der Waals surface area contributed by atoms with Gasteiger partial charge in [0.25, 0.3) is 10.0 Å². The van der Waals surface area contributed by atoms with Crippen LogP contribution in [-0.4, -0.2) is 24.3 Å². The fourth-order valence-corrected chi connectivity index (χ4v) is 3.80. The second-order valence-electron chi connectivity index (χ2n) is 6.14. The standard InChI is InChI=1S/C20H16Cl2N4O3S/c1-13-10-11-23-20(24-13)26-30(28,29)17-7-5-16(6-8-17)25-19(27)9-3-14-2-4-15(21)12-18(14)22/h2-12H,1H3,(H,25,27)(H,23,24,26)/b9-3-. The number of hydrogen-bond acceptors (Lipinski definition) is 5. The molecule has 0 aliphatic heterocycles. The van der Waals surface area contributed by atoms with Gasteiger partial charge in [-0.15, -0.1) is 0 Å². The summed E-state index contributed by atoms with van der Waals surface area (Å²) in [5.74, 6) is -0.415. The van der Waals surface area contributed by atoms with E-state index < -0.39 is 15.9 Å². The Morgan fingerprint density at radius 3 is 2.47 bits per heavy atom. The lowest BCUT2D eigenvalue weighted by atomic mass is 10.2. The highest BCUT2D eigenvalue weighted by atomic mass is 35.5. The molecule has 0 aliphatic carbocycles. The second-order valence-corrected chi connectivity index (χ2v) is 8.67. The van der Waals surface area contributed by atoms with Crippen LogP contribution in [0.4, 0.5) is 11.6 Å². The Kier molecular flexibility index (Phi) is 6.71. The maximum Gasteiger partial charge on any atom is 0.264 e. The molecule has 7 nitrogen and oxygen atoms in total. The number of nitrogens with zero attached hydrogens (tertiary/aromatic N) is 2. The zero-order valence-corrected chi connectivity index (χ0v) is 18.0. The molecule has 0 atom stereocenters. The molecule has 1 aromatic heterocycles. The maximum atomic E-state index is 12.5. The van der Waals surface area contributed by atoms with Crippen molar-refractivity contribution in [3.8, 4) is 0 Å². The van der Waals surface area contributed by atoms with Gasteiger partial charge in [0.2, 0.25) is 11.9 Å². The second kappa shape index (κ2) is 9.25. The summed E-state index contributed by atoms with van der Waals surface area (Å²) in [6, 6.07) is 12.3. The molecule has 3 aromatic rings. The molecule has 3 rings (SSSR count). The quantitative estimate of drug-likeness (QED) is 0.523. The summed E-state index contributed by atoms with van der Waals surface area (Å²) in [4.78, 5) is 20.0. The van der Waals surface area contributed by atoms with E-state index in [1.165, 1.54) is 36.5 Å². The van der Waals surface area contributed by atoms with Gasteiger partial charge >= 0.3 is 0 Å². The molecule has 10 heteroatoms. The van der Waals surface area contributed by atoms with Gasteiger partial charge in [-0.25, -0.2) is 23.1 Å². The number of rotatable bonds is 6. The molecule has 0 saturated carbocycles. The summed E-state index contributed by atoms with van der Waals surface area (Å²) in [6.45, 7) is 1.73. The van der Waals surface area contributed by atoms with Gasteiger partial charge in [0.1, 0.15) is 0 Å². The zero-order valence-electron chi connectivity index (χ0n) is 15.6. The minimum absolute atomic E-state index is 0.00842. The van der Waals surface area contributed by atoms with Crippen LogP contribution in [0.15, 0.2) is 65.7 Å². The van der Waals surface area contributed by atoms with Crippen LogP contribution in [0.5, 0.6) is 0 Å². The number of amides is 1. The summed E-state index contributed by atoms with van der Waals surface area (Å²) < 4.78 is 27.2. The molecule has 0 aliphatic rings. The molecule has 0 saturated heterocycles. The first kappa shape index (κ1) is 21.8. The zero-order chi connectivity index (χ0) is 21.7. The van der Waals surface area contributed by atoms with E-state index in [4.69, 9.17) is 23.2 Å². The van der Waals surface area contributed by atoms with Gasteiger partial charge in [0.15, 0.2) is 0 Å². The molecule has 30 heavy (non-hydrogen) atoms. The van der Waals surface area contributed by atoms with Crippen molar-refractivity contribution in [1.82, 2.24) is 9.97 Å². The third kappa shape index (κ3) is 5.79. The SMILES string of the molecule is Cc1ccnc(NS(=O)(=O)c2ccc(NC(=O)/C=C\c3ccc(Cl)cc3Cl)cc2)n1. The van der Waals surface area contributed by atoms with Crippen LogP contribution in [0.2, 0.25) is 10.0 Å². The predicted molar refractivity (Wildman–Crippen MR) is 118 cm³/mol. The van der Waals surface area contributed by atoms with Gasteiger partial charge < -0.3 is 5.32 Å². The van der Waals surface area contributed by atoms with Crippen molar-refractivity contribution in [2.45, 2.75) is 11.8 Å². The molecular weight excluding hydrogens is 447 g/mol. The van der Waals surface area contributed by atoms with E-state index in [0.29, 0.717) is 27.0 Å². The van der Waals surface area contributed by atoms with Crippen LogP contribution in [0.3, 0.4) is 0 Å². The number of aryl methyl sites for hydroxylation is 1. The first-order valence-electron chi connectivity index (χ1n) is 8.59. The number of halogens is 2. The van der Waals surface area contributed by atoms with E-state index in [1.54, 1.807) is 37.3 Å². The third-order valence-corrected chi connectivity index (χ3v) is 5.74. The molecule has 0 fully saturated rings. The highest BCUT2D eigenvalue weighted by Crippen LogP contribution is 2.22. The van der Waals surface area contributed by atoms with Gasteiger partial charge in [0.05, 0.1) is 4.90 Å². The number of sulfonamides is 1. The average molecular weight is 463 g/mol. The van der Waals surface area contributed by atoms with Crippen molar-refractivity contribution in [2.75, 3.05) is 10.0 Å². The molecule has 2 aromatic carbocycles. The van der Waals surface area contributed by atoms with Gasteiger partial charge in [0, 0.05) is 33.7 Å². The van der Waals surface area contributed by atoms with Crippen molar-refractivity contribution < 1.29 is 13.2 Å². The number of benzene rings is 2. The van der Waals surface area contributed by atoms with Crippen molar-refractivity contribution in [3.63, 3.8) is 0 Å². The van der Waals surface area contributed by atoms with Crippen molar-refractivity contribution >= 4 is 56.8 Å². The largest absolute Gasteiger partial charge is 0.323 e. The molecule has 0 unspecified atom stereocenters. The molecule has 0 radical (unpaired) electrons. The van der Waals surface area contributed by atoms with E-state index in [0.717, 1.165) is 0 Å². The number of hydrogen-bond donors (Lipinski definition) is 2. The van der Waals surface area contributed by atoms with E-state index in [1.807, 2.05) is 0 Å². The summed E-state index contributed by atoms with van der Waals surface area (Å²) in [7, 11) is -3.86. The normalized spacial score (nSPS) is 11.4. The number of carbonyl (C=O) groups excluding carboxylic acids is 1. The summed E-state index contributed by atoms with van der Waals surface area (Å²) in [5, 5.41) is 3.57. The Morgan fingerprint density at radius 1 is 1.07 bits per heavy atom. The Hall–Kier alpha value is -2.94. The number of carbonyl (C=O) groups is 1. The van der Waals surface area contributed by atoms with Crippen LogP contribution in [0, 0.1) is 6.92 Å². The monoisotopic (exact) mass is 462 g/mol. The Labute approximate surface area is 183 Å². The summed E-state index contributed by atoms with van der Waals surface area (Å²) >= 11 is 11.9. The number of nitrogens with one attached hydrogen (secondary N) is 2. The topological polar surface area (TPSA) is 101 Å². The molecule has 0 spiro atoms. The van der Waals surface area contributed by atoms with E-state index in [-0.39, 0.29) is 10.8 Å². The van der Waals surface area contributed by atoms with Crippen molar-refractivity contribution in [2.24, 2.45) is 0 Å². The first-order chi connectivity index (χ1) is 14.2. The minimum atomic E-state index is -3.86. The smallest absolute Gasteiger partial charge is 0.264 e. The maximum absolute atomic E-state index is 12.5. The van der Waals surface area contributed by atoms with Crippen LogP contribution in [-0.2, 0) is 14.8 Å². The lowest BCUT2D eigenvalue weighted by molar-refractivity contribution is -0.111. The van der Waals surface area contributed by atoms with Gasteiger partial charge in [-0.2, -0.15) is 0 Å². The van der Waals surface area contributed by atoms with E-state index in [2.05, 4.69) is 20.0 Å². The summed E-state index contributed by atoms with van der Waals surface area (Å²) in [6.07, 6.45) is 4.33. The van der Waals surface area contributed by atoms with E-state index >= 15 is 0 Å². The lowest BCUT2D eigenvalue weighted by Gasteiger charge is -2.08. The average Bonchev–Trinajstić information content (AvgIpc) is 2.67. The van der Waals surface area contributed by atoms with Crippen LogP contribution in [0.25, 0.3) is 6.08 Å². The van der Waals surface area contributed by atoms with Crippen LogP contribution >= 0.6 is 23.2 Å². The number of aromatic nitrogens is 2.